The van der Waals surface area contributed by atoms with Crippen LogP contribution in [0.2, 0.25) is 0 Å². The molecule has 2 N–H and O–H groups in total. The summed E-state index contributed by atoms with van der Waals surface area (Å²) in [5, 5.41) is 6.40. The lowest BCUT2D eigenvalue weighted by Gasteiger charge is -2.31. The van der Waals surface area contributed by atoms with Gasteiger partial charge in [0, 0.05) is 32.0 Å². The van der Waals surface area contributed by atoms with Gasteiger partial charge < -0.3 is 15.4 Å². The Bertz CT molecular complexity index is 434. The average Bonchev–Trinajstić information content (AvgIpc) is 2.42. The zero-order chi connectivity index (χ0) is 13.7. The quantitative estimate of drug-likeness (QED) is 0.796. The lowest BCUT2D eigenvalue weighted by Crippen LogP contribution is -2.43. The van der Waals surface area contributed by atoms with E-state index in [1.165, 1.54) is 5.56 Å². The molecule has 1 aromatic rings. The SMILES string of the molecule is COCCCNC(=O)C1Cc2ccccc2NC1C. The van der Waals surface area contributed by atoms with Crippen LogP contribution in [0, 0.1) is 5.92 Å². The summed E-state index contributed by atoms with van der Waals surface area (Å²) < 4.78 is 4.97. The highest BCUT2D eigenvalue weighted by atomic mass is 16.5. The molecule has 0 saturated carbocycles. The number of amides is 1. The molecule has 1 aliphatic heterocycles. The third-order valence-electron chi connectivity index (χ3n) is 3.61. The maximum atomic E-state index is 12.2. The van der Waals surface area contributed by atoms with Crippen LogP contribution in [-0.2, 0) is 16.0 Å². The molecule has 1 heterocycles. The van der Waals surface area contributed by atoms with E-state index >= 15 is 0 Å². The van der Waals surface area contributed by atoms with Crippen molar-refractivity contribution < 1.29 is 9.53 Å². The summed E-state index contributed by atoms with van der Waals surface area (Å²) >= 11 is 0. The maximum absolute atomic E-state index is 12.2. The van der Waals surface area contributed by atoms with Gasteiger partial charge in [-0.1, -0.05) is 18.2 Å². The number of carbonyl (C=O) groups is 1. The number of para-hydroxylation sites is 1. The van der Waals surface area contributed by atoms with Crippen LogP contribution in [0.3, 0.4) is 0 Å². The van der Waals surface area contributed by atoms with Crippen molar-refractivity contribution in [2.24, 2.45) is 5.92 Å². The summed E-state index contributed by atoms with van der Waals surface area (Å²) in [6.07, 6.45) is 1.66. The summed E-state index contributed by atoms with van der Waals surface area (Å²) in [6, 6.07) is 8.35. The fourth-order valence-corrected chi connectivity index (χ4v) is 2.48. The van der Waals surface area contributed by atoms with Gasteiger partial charge in [-0.2, -0.15) is 0 Å². The van der Waals surface area contributed by atoms with Crippen LogP contribution in [0.15, 0.2) is 24.3 Å². The van der Waals surface area contributed by atoms with E-state index in [0.717, 1.165) is 18.5 Å². The molecule has 0 radical (unpaired) electrons. The molecule has 104 valence electrons. The van der Waals surface area contributed by atoms with Gasteiger partial charge in [0.2, 0.25) is 5.91 Å². The Morgan fingerprint density at radius 2 is 2.26 bits per heavy atom. The first-order valence-corrected chi connectivity index (χ1v) is 6.83. The second-order valence-electron chi connectivity index (χ2n) is 5.04. The first-order chi connectivity index (χ1) is 9.22. The predicted octanol–water partition coefficient (Wildman–Crippen LogP) is 1.81. The van der Waals surface area contributed by atoms with Crippen molar-refractivity contribution in [3.63, 3.8) is 0 Å². The van der Waals surface area contributed by atoms with Crippen molar-refractivity contribution in [3.8, 4) is 0 Å². The Labute approximate surface area is 114 Å². The average molecular weight is 262 g/mol. The van der Waals surface area contributed by atoms with E-state index in [9.17, 15) is 4.79 Å². The Morgan fingerprint density at radius 3 is 3.05 bits per heavy atom. The lowest BCUT2D eigenvalue weighted by molar-refractivity contribution is -0.125. The molecule has 2 atom stereocenters. The molecule has 2 rings (SSSR count). The highest BCUT2D eigenvalue weighted by Gasteiger charge is 2.29. The smallest absolute Gasteiger partial charge is 0.225 e. The number of ether oxygens (including phenoxy) is 1. The molecule has 1 aliphatic rings. The standard InChI is InChI=1S/C15H22N2O2/c1-11-13(15(18)16-8-5-9-19-2)10-12-6-3-4-7-14(12)17-11/h3-4,6-7,11,13,17H,5,8-10H2,1-2H3,(H,16,18). The monoisotopic (exact) mass is 262 g/mol. The van der Waals surface area contributed by atoms with E-state index in [1.807, 2.05) is 12.1 Å². The molecule has 0 aliphatic carbocycles. The first kappa shape index (κ1) is 13.9. The maximum Gasteiger partial charge on any atom is 0.225 e. The Balaban J connectivity index is 1.92. The fourth-order valence-electron chi connectivity index (χ4n) is 2.48. The van der Waals surface area contributed by atoms with Gasteiger partial charge in [-0.3, -0.25) is 4.79 Å². The van der Waals surface area contributed by atoms with Crippen LogP contribution in [-0.4, -0.2) is 32.2 Å². The normalized spacial score (nSPS) is 21.4. The molecule has 0 saturated heterocycles. The van der Waals surface area contributed by atoms with Crippen LogP contribution < -0.4 is 10.6 Å². The summed E-state index contributed by atoms with van der Waals surface area (Å²) in [7, 11) is 1.67. The molecule has 1 amide bonds. The molecule has 0 bridgehead atoms. The topological polar surface area (TPSA) is 50.4 Å². The number of carbonyl (C=O) groups excluding carboxylic acids is 1. The number of benzene rings is 1. The molecule has 0 fully saturated rings. The molecule has 4 heteroatoms. The molecule has 2 unspecified atom stereocenters. The van der Waals surface area contributed by atoms with Gasteiger partial charge in [0.1, 0.15) is 0 Å². The van der Waals surface area contributed by atoms with Crippen molar-refractivity contribution in [2.45, 2.75) is 25.8 Å². The highest BCUT2D eigenvalue weighted by molar-refractivity contribution is 5.81. The lowest BCUT2D eigenvalue weighted by atomic mass is 9.87. The summed E-state index contributed by atoms with van der Waals surface area (Å²) in [4.78, 5) is 12.2. The predicted molar refractivity (Wildman–Crippen MR) is 76.2 cm³/mol. The van der Waals surface area contributed by atoms with Gasteiger partial charge in [0.05, 0.1) is 5.92 Å². The number of rotatable bonds is 5. The van der Waals surface area contributed by atoms with Crippen molar-refractivity contribution in [1.29, 1.82) is 0 Å². The largest absolute Gasteiger partial charge is 0.385 e. The zero-order valence-electron chi connectivity index (χ0n) is 11.6. The Hall–Kier alpha value is -1.55. The van der Waals surface area contributed by atoms with Gasteiger partial charge in [-0.25, -0.2) is 0 Å². The van der Waals surface area contributed by atoms with E-state index < -0.39 is 0 Å². The van der Waals surface area contributed by atoms with E-state index in [1.54, 1.807) is 7.11 Å². The number of hydrogen-bond acceptors (Lipinski definition) is 3. The van der Waals surface area contributed by atoms with Crippen LogP contribution in [0.5, 0.6) is 0 Å². The van der Waals surface area contributed by atoms with E-state index in [2.05, 4.69) is 29.7 Å². The number of nitrogens with one attached hydrogen (secondary N) is 2. The third-order valence-corrected chi connectivity index (χ3v) is 3.61. The Kier molecular flexibility index (Phi) is 4.80. The molecule has 19 heavy (non-hydrogen) atoms. The number of hydrogen-bond donors (Lipinski definition) is 2. The summed E-state index contributed by atoms with van der Waals surface area (Å²) in [5.74, 6) is 0.128. The van der Waals surface area contributed by atoms with E-state index in [0.29, 0.717) is 13.2 Å². The van der Waals surface area contributed by atoms with Crippen molar-refractivity contribution in [1.82, 2.24) is 5.32 Å². The minimum atomic E-state index is -0.00237. The molecular formula is C15H22N2O2. The van der Waals surface area contributed by atoms with E-state index in [-0.39, 0.29) is 17.9 Å². The van der Waals surface area contributed by atoms with E-state index in [4.69, 9.17) is 4.74 Å². The Morgan fingerprint density at radius 1 is 1.47 bits per heavy atom. The fraction of sp³-hybridized carbons (Fsp3) is 0.533. The second kappa shape index (κ2) is 6.57. The summed E-state index contributed by atoms with van der Waals surface area (Å²) in [5.41, 5.74) is 2.37. The van der Waals surface area contributed by atoms with Crippen LogP contribution in [0.4, 0.5) is 5.69 Å². The van der Waals surface area contributed by atoms with Crippen LogP contribution in [0.25, 0.3) is 0 Å². The number of methoxy groups -OCH3 is 1. The molecule has 0 spiro atoms. The van der Waals surface area contributed by atoms with Crippen LogP contribution in [0.1, 0.15) is 18.9 Å². The van der Waals surface area contributed by atoms with Gasteiger partial charge in [-0.05, 0) is 31.4 Å². The van der Waals surface area contributed by atoms with Gasteiger partial charge in [-0.15, -0.1) is 0 Å². The van der Waals surface area contributed by atoms with Crippen molar-refractivity contribution in [2.75, 3.05) is 25.6 Å². The van der Waals surface area contributed by atoms with Crippen molar-refractivity contribution >= 4 is 11.6 Å². The zero-order valence-corrected chi connectivity index (χ0v) is 11.6. The molecular weight excluding hydrogens is 240 g/mol. The minimum absolute atomic E-state index is 0.00237. The van der Waals surface area contributed by atoms with Gasteiger partial charge in [0.25, 0.3) is 0 Å². The molecule has 0 aromatic heterocycles. The summed E-state index contributed by atoms with van der Waals surface area (Å²) in [6.45, 7) is 3.43. The van der Waals surface area contributed by atoms with Crippen LogP contribution >= 0.6 is 0 Å². The highest BCUT2D eigenvalue weighted by Crippen LogP contribution is 2.28. The molecule has 4 nitrogen and oxygen atoms in total. The van der Waals surface area contributed by atoms with Gasteiger partial charge in [0.15, 0.2) is 0 Å². The number of anilines is 1. The van der Waals surface area contributed by atoms with Gasteiger partial charge >= 0.3 is 0 Å². The van der Waals surface area contributed by atoms with Crippen molar-refractivity contribution in [3.05, 3.63) is 29.8 Å². The second-order valence-corrected chi connectivity index (χ2v) is 5.04. The minimum Gasteiger partial charge on any atom is -0.385 e. The number of fused-ring (bicyclic) bond motifs is 1. The third kappa shape index (κ3) is 3.47. The molecule has 1 aromatic carbocycles. The first-order valence-electron chi connectivity index (χ1n) is 6.83.